The molecule has 628 valence electrons. The number of ketones is 2. The zero-order chi connectivity index (χ0) is 83.7. The van der Waals surface area contributed by atoms with E-state index in [1.807, 2.05) is 45.4 Å². The van der Waals surface area contributed by atoms with Gasteiger partial charge in [-0.3, -0.25) is 62.2 Å². The van der Waals surface area contributed by atoms with Gasteiger partial charge in [0.15, 0.2) is 11.6 Å². The van der Waals surface area contributed by atoms with Crippen LogP contribution in [-0.4, -0.2) is 263 Å². The molecule has 8 N–H and O–H groups in total. The summed E-state index contributed by atoms with van der Waals surface area (Å²) in [4.78, 5) is 183. The van der Waals surface area contributed by atoms with Crippen LogP contribution in [0, 0.1) is 17.7 Å². The number of aromatic nitrogens is 4. The molecule has 10 atom stereocenters. The molecule has 6 aliphatic heterocycles. The molecule has 4 aromatic carbocycles. The van der Waals surface area contributed by atoms with Gasteiger partial charge in [-0.25, -0.2) is 4.39 Å². The largest absolute Gasteiger partial charge is 0.497 e. The van der Waals surface area contributed by atoms with E-state index in [4.69, 9.17) is 18.9 Å². The number of nitrogens with zero attached hydrogens (tertiary/aromatic N) is 8. The van der Waals surface area contributed by atoms with Crippen molar-refractivity contribution in [2.45, 2.75) is 172 Å². The number of quaternary nitrogens is 1. The van der Waals surface area contributed by atoms with Crippen molar-refractivity contribution in [1.82, 2.24) is 71.5 Å². The van der Waals surface area contributed by atoms with Crippen LogP contribution in [0.5, 0.6) is 5.75 Å². The van der Waals surface area contributed by atoms with Gasteiger partial charge in [-0.2, -0.15) is 0 Å². The van der Waals surface area contributed by atoms with E-state index in [2.05, 4.69) is 47.5 Å². The Bertz CT molecular complexity index is 4580. The smallest absolute Gasteiger partial charge is 0.246 e. The van der Waals surface area contributed by atoms with Gasteiger partial charge in [0.25, 0.3) is 0 Å². The van der Waals surface area contributed by atoms with Crippen LogP contribution in [0.25, 0.3) is 10.9 Å². The number of aliphatic hydroxyl groups is 1. The van der Waals surface area contributed by atoms with Gasteiger partial charge < -0.3 is 85.0 Å². The molecular formula is C84H109FN15O17+. The Kier molecular flexibility index (Phi) is 29.6. The predicted octanol–water partition coefficient (Wildman–Crippen LogP) is 1.68. The highest BCUT2D eigenvalue weighted by Gasteiger charge is 2.50. The van der Waals surface area contributed by atoms with Gasteiger partial charge in [0.2, 0.25) is 59.1 Å². The lowest BCUT2D eigenvalue weighted by Gasteiger charge is -2.37. The van der Waals surface area contributed by atoms with Crippen molar-refractivity contribution < 1.29 is 90.5 Å². The molecule has 0 saturated carbocycles. The zero-order valence-corrected chi connectivity index (χ0v) is 67.5. The van der Waals surface area contributed by atoms with E-state index in [1.54, 1.807) is 88.1 Å². The van der Waals surface area contributed by atoms with Gasteiger partial charge in [-0.1, -0.05) is 65.9 Å². The minimum atomic E-state index is -1.61. The SMILES string of the molecule is COc1ccc(C[C@@H]2NC(=O)[C@H]([C@@H](C)O)CC(=O)[C@@H]3[C@@H]4CCN3C(=O)[C@H]3CC(=O)[C@H](Cc5cccc(c5)CNC(=O)CO4)NC(=O)[C@@H](C)NC(=O)[C@H](CNC(=O)CCOCCOCC[N+](C)(C)C)NC(=O)CCC(=O)N(CCn4cc(nn4)Cn4cc(c5cc(F)ccc54)C3)Cc3ccc(cc3)CCNC(=O)[C@]3(C)CCCN3C2=O)cc1. The van der Waals surface area contributed by atoms with Crippen molar-refractivity contribution in [3.8, 4) is 5.75 Å². The fraction of sp³-hybridized carbons (Fsp3) is 0.524. The summed E-state index contributed by atoms with van der Waals surface area (Å²) in [6, 6.07) is 17.6. The summed E-state index contributed by atoms with van der Waals surface area (Å²) < 4.78 is 43.0. The first-order chi connectivity index (χ1) is 56.0. The van der Waals surface area contributed by atoms with Crippen molar-refractivity contribution >= 4 is 81.5 Å². The number of fused-ring (bicyclic) bond motifs is 16. The number of rotatable bonds is 15. The third-order valence-electron chi connectivity index (χ3n) is 22.3. The van der Waals surface area contributed by atoms with Gasteiger partial charge in [-0.05, 0) is 123 Å². The second-order valence-electron chi connectivity index (χ2n) is 32.2. The maximum Gasteiger partial charge on any atom is 0.246 e. The monoisotopic (exact) mass is 1620 g/mol. The number of amides is 10. The molecule has 117 heavy (non-hydrogen) atoms. The first-order valence-corrected chi connectivity index (χ1v) is 40.2. The number of hydrogen-bond acceptors (Lipinski definition) is 19. The number of aliphatic hydroxyl groups excluding tert-OH is 1. The Morgan fingerprint density at radius 2 is 1.48 bits per heavy atom. The summed E-state index contributed by atoms with van der Waals surface area (Å²) in [5.41, 5.74) is 3.00. The van der Waals surface area contributed by atoms with Gasteiger partial charge in [0, 0.05) is 107 Å². The molecule has 8 heterocycles. The number of methoxy groups -OCH3 is 1. The van der Waals surface area contributed by atoms with Crippen molar-refractivity contribution in [1.29, 1.82) is 0 Å². The molecule has 0 aliphatic carbocycles. The molecule has 6 aliphatic rings. The van der Waals surface area contributed by atoms with Gasteiger partial charge in [0.1, 0.15) is 60.1 Å². The average molecular weight is 1620 g/mol. The van der Waals surface area contributed by atoms with Gasteiger partial charge in [-0.15, -0.1) is 5.10 Å². The number of nitrogens with one attached hydrogen (secondary N) is 7. The van der Waals surface area contributed by atoms with Crippen LogP contribution in [-0.2, 0) is 124 Å². The van der Waals surface area contributed by atoms with Crippen molar-refractivity contribution in [2.75, 3.05) is 101 Å². The summed E-state index contributed by atoms with van der Waals surface area (Å²) in [6.07, 6.45) is -1.49. The van der Waals surface area contributed by atoms with Crippen molar-refractivity contribution in [3.05, 3.63) is 148 Å². The van der Waals surface area contributed by atoms with Crippen LogP contribution >= 0.6 is 0 Å². The number of ether oxygens (including phenoxy) is 4. The van der Waals surface area contributed by atoms with E-state index < -0.39 is 169 Å². The Morgan fingerprint density at radius 3 is 2.23 bits per heavy atom. The number of carbonyl (C=O) groups is 12. The zero-order valence-electron chi connectivity index (χ0n) is 67.5. The number of carbonyl (C=O) groups excluding carboxylic acids is 12. The van der Waals surface area contributed by atoms with E-state index >= 15 is 28.4 Å². The third-order valence-corrected chi connectivity index (χ3v) is 22.3. The Balaban J connectivity index is 0.995. The Hall–Kier alpha value is -10.9. The summed E-state index contributed by atoms with van der Waals surface area (Å²) in [6.45, 7) is 5.17. The van der Waals surface area contributed by atoms with Crippen LogP contribution in [0.2, 0.25) is 0 Å². The summed E-state index contributed by atoms with van der Waals surface area (Å²) in [7, 11) is 7.62. The molecule has 2 saturated heterocycles. The predicted molar refractivity (Wildman–Crippen MR) is 424 cm³/mol. The molecule has 10 amide bonds. The lowest BCUT2D eigenvalue weighted by Crippen LogP contribution is -2.60. The maximum atomic E-state index is 16.3. The lowest BCUT2D eigenvalue weighted by molar-refractivity contribution is -0.870. The standard InChI is InChI=1S/C84H108FN15O17/c1-52-78(108)91-66-40-57-10-8-11-58(38-57)45-87-75(106)51-117-72-25-30-98-77(72)71(103)44-64(53(2)101)79(109)92-67(39-55-16-19-63(114-7)20-17-55)82(112)99-29-9-27-84(99,3)83(113)86-28-24-54-12-14-56(15-13-54)47-95(76(107)23-22-74(105)90-68(80(110)89-52)46-88-73(104)26-34-115-36-37-116-35-33-100(4,5)6)31-32-97-50-62(93-94-97)49-96-48-60(41-59(81(98)111)42-70(66)102)65-43-61(85)18-21-69(65)96/h8,10-21,38,43,48,50,52-53,59,64,66-68,72,77,101H,9,22-37,39-42,44-47,49,51H2,1-7H3,(H6-,86,87,88,89,90,91,92,104,105,106,108,109,110,113)/p+1/t52-,53-,59-,64+,66+,67+,68+,72+,77-,84+/m1/s1. The number of Topliss-reactive ketones (excluding diaryl/α,β-unsaturated/α-hetero) is 2. The number of hydrogen-bond donors (Lipinski definition) is 8. The van der Waals surface area contributed by atoms with Crippen LogP contribution in [0.4, 0.5) is 4.39 Å². The molecular weight excluding hydrogens is 1510 g/mol. The van der Waals surface area contributed by atoms with Gasteiger partial charge >= 0.3 is 0 Å². The second kappa shape index (κ2) is 39.9. The van der Waals surface area contributed by atoms with Crippen LogP contribution in [0.15, 0.2) is 103 Å². The molecule has 33 heteroatoms. The average Bonchev–Trinajstić information content (AvgIpc) is 1.62. The van der Waals surface area contributed by atoms with Crippen molar-refractivity contribution in [2.24, 2.45) is 11.8 Å². The van der Waals surface area contributed by atoms with E-state index in [-0.39, 0.29) is 117 Å². The summed E-state index contributed by atoms with van der Waals surface area (Å²) in [5, 5.41) is 40.5. The molecule has 0 radical (unpaired) electrons. The molecule has 0 spiro atoms. The molecule has 2 fully saturated rings. The highest BCUT2D eigenvalue weighted by molar-refractivity contribution is 6.00. The van der Waals surface area contributed by atoms with E-state index in [0.29, 0.717) is 74.1 Å². The van der Waals surface area contributed by atoms with Gasteiger partial charge in [0.05, 0.1) is 98.1 Å². The maximum absolute atomic E-state index is 16.3. The first kappa shape index (κ1) is 87.0. The third kappa shape index (κ3) is 23.5. The second-order valence-corrected chi connectivity index (χ2v) is 32.2. The van der Waals surface area contributed by atoms with E-state index in [1.165, 1.54) is 42.9 Å². The summed E-state index contributed by atoms with van der Waals surface area (Å²) in [5.74, 6) is -11.7. The summed E-state index contributed by atoms with van der Waals surface area (Å²) >= 11 is 0. The Morgan fingerprint density at radius 1 is 0.726 bits per heavy atom. The highest BCUT2D eigenvalue weighted by Crippen LogP contribution is 2.35. The molecule has 32 nitrogen and oxygen atoms in total. The minimum absolute atomic E-state index is 0.0102. The van der Waals surface area contributed by atoms with E-state index in [9.17, 15) is 38.7 Å². The quantitative estimate of drug-likeness (QED) is 0.0535. The molecule has 6 aromatic rings. The fourth-order valence-electron chi connectivity index (χ4n) is 15.6. The van der Waals surface area contributed by atoms with Crippen LogP contribution in [0.1, 0.15) is 111 Å². The van der Waals surface area contributed by atoms with Crippen LogP contribution < -0.4 is 42.0 Å². The molecule has 0 unspecified atom stereocenters. The number of likely N-dealkylation sites (N-methyl/N-ethyl adjacent to an activating group) is 1. The Labute approximate surface area is 678 Å². The molecule has 2 aromatic heterocycles. The molecule has 12 rings (SSSR count). The minimum Gasteiger partial charge on any atom is -0.497 e. The highest BCUT2D eigenvalue weighted by atomic mass is 19.1. The number of benzene rings is 4. The molecule has 14 bridgehead atoms. The first-order valence-electron chi connectivity index (χ1n) is 40.2. The van der Waals surface area contributed by atoms with Crippen molar-refractivity contribution in [3.63, 3.8) is 0 Å². The lowest BCUT2D eigenvalue weighted by atomic mass is 9.87. The fourth-order valence-corrected chi connectivity index (χ4v) is 15.6. The van der Waals surface area contributed by atoms with Crippen LogP contribution in [0.3, 0.4) is 0 Å². The number of halogens is 1. The normalized spacial score (nSPS) is 24.2. The van der Waals surface area contributed by atoms with E-state index in [0.717, 1.165) is 12.1 Å². The topological polar surface area (TPSA) is 392 Å².